The molecule has 0 aliphatic carbocycles. The molecule has 0 bridgehead atoms. The van der Waals surface area contributed by atoms with E-state index < -0.39 is 11.7 Å². The number of aryl methyl sites for hydroxylation is 2. The number of carbonyl (C=O) groups is 1. The fourth-order valence-electron chi connectivity index (χ4n) is 2.55. The maximum Gasteiger partial charge on any atom is 0.365 e. The third-order valence-electron chi connectivity index (χ3n) is 4.38. The summed E-state index contributed by atoms with van der Waals surface area (Å²) in [4.78, 5) is 28.9. The van der Waals surface area contributed by atoms with Gasteiger partial charge in [-0.3, -0.25) is 4.79 Å². The van der Waals surface area contributed by atoms with Crippen molar-refractivity contribution < 1.29 is 4.79 Å². The van der Waals surface area contributed by atoms with Crippen molar-refractivity contribution in [3.8, 4) is 11.3 Å². The molecule has 0 unspecified atom stereocenters. The lowest BCUT2D eigenvalue weighted by molar-refractivity contribution is -0.119. The zero-order valence-electron chi connectivity index (χ0n) is 15.2. The highest BCUT2D eigenvalue weighted by molar-refractivity contribution is 6.30. The summed E-state index contributed by atoms with van der Waals surface area (Å²) >= 11 is 5.87. The molecule has 2 aromatic carbocycles. The Balaban J connectivity index is 1.80. The quantitative estimate of drug-likeness (QED) is 0.745. The standard InChI is InChI=1S/C20H19ClN4O2/c1-12-4-9-17(10-13(12)2)23-19(26)14(3)25-20(27)24-18(11-22-25)15-5-7-16(21)8-6-15/h4-11,14H,1-3H3,(H,23,26)/t14-/m1/s1. The molecule has 0 aliphatic heterocycles. The van der Waals surface area contributed by atoms with Crippen LogP contribution in [-0.2, 0) is 4.79 Å². The van der Waals surface area contributed by atoms with Crippen molar-refractivity contribution in [1.29, 1.82) is 0 Å². The number of halogens is 1. The number of hydrogen-bond donors (Lipinski definition) is 1. The van der Waals surface area contributed by atoms with Crippen molar-refractivity contribution in [3.63, 3.8) is 0 Å². The molecule has 0 saturated carbocycles. The highest BCUT2D eigenvalue weighted by Gasteiger charge is 2.19. The second-order valence-electron chi connectivity index (χ2n) is 6.34. The topological polar surface area (TPSA) is 76.9 Å². The highest BCUT2D eigenvalue weighted by atomic mass is 35.5. The number of benzene rings is 2. The van der Waals surface area contributed by atoms with Crippen LogP contribution in [0.1, 0.15) is 24.1 Å². The van der Waals surface area contributed by atoms with E-state index in [0.717, 1.165) is 21.4 Å². The number of anilines is 1. The monoisotopic (exact) mass is 382 g/mol. The molecule has 1 amide bonds. The van der Waals surface area contributed by atoms with Crippen molar-refractivity contribution in [3.05, 3.63) is 75.3 Å². The average molecular weight is 383 g/mol. The van der Waals surface area contributed by atoms with E-state index >= 15 is 0 Å². The number of nitrogens with one attached hydrogen (secondary N) is 1. The van der Waals surface area contributed by atoms with Crippen LogP contribution in [0.15, 0.2) is 53.5 Å². The Morgan fingerprint density at radius 3 is 2.44 bits per heavy atom. The van der Waals surface area contributed by atoms with E-state index in [1.807, 2.05) is 32.0 Å². The molecule has 0 saturated heterocycles. The van der Waals surface area contributed by atoms with Crippen LogP contribution in [0.3, 0.4) is 0 Å². The van der Waals surface area contributed by atoms with Crippen molar-refractivity contribution in [2.75, 3.05) is 5.32 Å². The zero-order chi connectivity index (χ0) is 19.6. The van der Waals surface area contributed by atoms with E-state index in [1.165, 1.54) is 6.20 Å². The van der Waals surface area contributed by atoms with Gasteiger partial charge in [0.05, 0.1) is 11.9 Å². The fraction of sp³-hybridized carbons (Fsp3) is 0.200. The van der Waals surface area contributed by atoms with Crippen molar-refractivity contribution in [2.24, 2.45) is 0 Å². The summed E-state index contributed by atoms with van der Waals surface area (Å²) in [5, 5.41) is 7.52. The Bertz CT molecular complexity index is 1040. The molecule has 0 spiro atoms. The molecule has 6 nitrogen and oxygen atoms in total. The number of amides is 1. The van der Waals surface area contributed by atoms with Gasteiger partial charge in [-0.1, -0.05) is 29.8 Å². The van der Waals surface area contributed by atoms with Crippen LogP contribution in [-0.4, -0.2) is 20.7 Å². The molecular formula is C20H19ClN4O2. The molecule has 1 N–H and O–H groups in total. The number of nitrogens with zero attached hydrogens (tertiary/aromatic N) is 3. The molecule has 0 fully saturated rings. The van der Waals surface area contributed by atoms with Gasteiger partial charge in [0.25, 0.3) is 0 Å². The fourth-order valence-corrected chi connectivity index (χ4v) is 2.68. The minimum atomic E-state index is -0.800. The SMILES string of the molecule is Cc1ccc(NC(=O)[C@@H](C)n2ncc(-c3ccc(Cl)cc3)nc2=O)cc1C. The first kappa shape index (κ1) is 18.8. The Morgan fingerprint density at radius 2 is 1.81 bits per heavy atom. The van der Waals surface area contributed by atoms with Gasteiger partial charge in [0.2, 0.25) is 5.91 Å². The van der Waals surface area contributed by atoms with E-state index in [9.17, 15) is 9.59 Å². The lowest BCUT2D eigenvalue weighted by atomic mass is 10.1. The van der Waals surface area contributed by atoms with E-state index in [-0.39, 0.29) is 5.91 Å². The smallest absolute Gasteiger partial charge is 0.324 e. The zero-order valence-corrected chi connectivity index (χ0v) is 16.0. The highest BCUT2D eigenvalue weighted by Crippen LogP contribution is 2.18. The van der Waals surface area contributed by atoms with E-state index in [4.69, 9.17) is 11.6 Å². The first-order valence-electron chi connectivity index (χ1n) is 8.45. The number of rotatable bonds is 4. The first-order valence-corrected chi connectivity index (χ1v) is 8.83. The van der Waals surface area contributed by atoms with Crippen molar-refractivity contribution >= 4 is 23.2 Å². The van der Waals surface area contributed by atoms with Crippen molar-refractivity contribution in [1.82, 2.24) is 14.8 Å². The molecule has 3 aromatic rings. The van der Waals surface area contributed by atoms with E-state index in [0.29, 0.717) is 16.4 Å². The van der Waals surface area contributed by atoms with E-state index in [1.54, 1.807) is 31.2 Å². The number of hydrogen-bond acceptors (Lipinski definition) is 4. The predicted octanol–water partition coefficient (Wildman–Crippen LogP) is 3.78. The summed E-state index contributed by atoms with van der Waals surface area (Å²) in [6, 6.07) is 11.8. The van der Waals surface area contributed by atoms with Gasteiger partial charge in [-0.2, -0.15) is 10.1 Å². The predicted molar refractivity (Wildman–Crippen MR) is 106 cm³/mol. The third-order valence-corrected chi connectivity index (χ3v) is 4.63. The summed E-state index contributed by atoms with van der Waals surface area (Å²) < 4.78 is 1.07. The lowest BCUT2D eigenvalue weighted by Gasteiger charge is -2.14. The van der Waals surface area contributed by atoms with Crippen molar-refractivity contribution in [2.45, 2.75) is 26.8 Å². The number of carbonyl (C=O) groups excluding carboxylic acids is 1. The third kappa shape index (κ3) is 4.23. The van der Waals surface area contributed by atoms with Crippen LogP contribution >= 0.6 is 11.6 Å². The van der Waals surface area contributed by atoms with E-state index in [2.05, 4.69) is 15.4 Å². The molecule has 27 heavy (non-hydrogen) atoms. The second-order valence-corrected chi connectivity index (χ2v) is 6.78. The first-order chi connectivity index (χ1) is 12.8. The van der Waals surface area contributed by atoms with Gasteiger partial charge in [0.15, 0.2) is 0 Å². The van der Waals surface area contributed by atoms with Crippen LogP contribution in [0.25, 0.3) is 11.3 Å². The van der Waals surface area contributed by atoms with Gasteiger partial charge < -0.3 is 5.32 Å². The lowest BCUT2D eigenvalue weighted by Crippen LogP contribution is -2.34. The summed E-state index contributed by atoms with van der Waals surface area (Å²) in [6.07, 6.45) is 1.46. The summed E-state index contributed by atoms with van der Waals surface area (Å²) in [5.41, 5.74) is 3.45. The summed E-state index contributed by atoms with van der Waals surface area (Å²) in [7, 11) is 0. The maximum atomic E-state index is 12.5. The minimum Gasteiger partial charge on any atom is -0.324 e. The Kier molecular flexibility index (Phi) is 5.37. The molecule has 0 radical (unpaired) electrons. The molecule has 1 aromatic heterocycles. The van der Waals surface area contributed by atoms with Gasteiger partial charge >= 0.3 is 5.69 Å². The Hall–Kier alpha value is -2.99. The summed E-state index contributed by atoms with van der Waals surface area (Å²) in [5.74, 6) is -0.339. The molecule has 0 aliphatic rings. The van der Waals surface area contributed by atoms with Gasteiger partial charge in [0.1, 0.15) is 6.04 Å². The molecule has 1 heterocycles. The average Bonchev–Trinajstić information content (AvgIpc) is 2.64. The van der Waals surface area contributed by atoms with Gasteiger partial charge in [-0.25, -0.2) is 9.48 Å². The normalized spacial score (nSPS) is 11.9. The molecular weight excluding hydrogens is 364 g/mol. The molecule has 3 rings (SSSR count). The van der Waals surface area contributed by atoms with Gasteiger partial charge in [-0.15, -0.1) is 0 Å². The Labute approximate surface area is 161 Å². The number of aromatic nitrogens is 3. The molecule has 1 atom stereocenters. The van der Waals surface area contributed by atoms with Gasteiger partial charge in [0, 0.05) is 16.3 Å². The van der Waals surface area contributed by atoms with Crippen LogP contribution in [0.4, 0.5) is 5.69 Å². The largest absolute Gasteiger partial charge is 0.365 e. The Morgan fingerprint density at radius 1 is 1.11 bits per heavy atom. The van der Waals surface area contributed by atoms with Gasteiger partial charge in [-0.05, 0) is 56.2 Å². The minimum absolute atomic E-state index is 0.339. The van der Waals surface area contributed by atoms with Crippen LogP contribution in [0.2, 0.25) is 5.02 Å². The molecule has 7 heteroatoms. The van der Waals surface area contributed by atoms with Crippen LogP contribution in [0.5, 0.6) is 0 Å². The summed E-state index contributed by atoms with van der Waals surface area (Å²) in [6.45, 7) is 5.58. The second kappa shape index (κ2) is 7.72. The molecule has 138 valence electrons. The maximum absolute atomic E-state index is 12.5. The van der Waals surface area contributed by atoms with Crippen LogP contribution in [0, 0.1) is 13.8 Å². The van der Waals surface area contributed by atoms with Crippen LogP contribution < -0.4 is 11.0 Å².